The van der Waals surface area contributed by atoms with E-state index in [1.54, 1.807) is 10.9 Å². The van der Waals surface area contributed by atoms with E-state index in [4.69, 9.17) is 11.6 Å². The van der Waals surface area contributed by atoms with E-state index in [-0.39, 0.29) is 0 Å². The molecule has 126 valence electrons. The minimum atomic E-state index is 0.500. The van der Waals surface area contributed by atoms with Crippen LogP contribution in [0.15, 0.2) is 70.4 Å². The third-order valence-electron chi connectivity index (χ3n) is 3.79. The lowest BCUT2D eigenvalue weighted by Gasteiger charge is -2.18. The highest BCUT2D eigenvalue weighted by atomic mass is 79.9. The predicted octanol–water partition coefficient (Wildman–Crippen LogP) is 3.47. The molecule has 8 heteroatoms. The van der Waals surface area contributed by atoms with Crippen LogP contribution in [0.3, 0.4) is 0 Å². The van der Waals surface area contributed by atoms with Gasteiger partial charge in [-0.05, 0) is 23.8 Å². The molecule has 0 unspecified atom stereocenters. The molecule has 1 aliphatic rings. The van der Waals surface area contributed by atoms with Crippen molar-refractivity contribution < 1.29 is 0 Å². The van der Waals surface area contributed by atoms with E-state index in [0.717, 1.165) is 21.3 Å². The summed E-state index contributed by atoms with van der Waals surface area (Å²) < 4.78 is 2.65. The Kier molecular flexibility index (Phi) is 4.44. The summed E-state index contributed by atoms with van der Waals surface area (Å²) in [7, 11) is 0. The van der Waals surface area contributed by atoms with Crippen LogP contribution in [-0.2, 0) is 6.54 Å². The quantitative estimate of drug-likeness (QED) is 0.682. The monoisotopic (exact) mass is 416 g/mol. The lowest BCUT2D eigenvalue weighted by Crippen LogP contribution is -2.40. The lowest BCUT2D eigenvalue weighted by molar-refractivity contribution is 0.288. The van der Waals surface area contributed by atoms with Gasteiger partial charge in [-0.2, -0.15) is 5.10 Å². The second-order valence-electron chi connectivity index (χ2n) is 5.47. The van der Waals surface area contributed by atoms with Crippen molar-refractivity contribution in [2.45, 2.75) is 6.54 Å². The highest BCUT2D eigenvalue weighted by Crippen LogP contribution is 2.24. The van der Waals surface area contributed by atoms with Gasteiger partial charge in [0.1, 0.15) is 5.15 Å². The van der Waals surface area contributed by atoms with Crippen molar-refractivity contribution in [2.75, 3.05) is 0 Å². The summed E-state index contributed by atoms with van der Waals surface area (Å²) in [5, 5.41) is 11.1. The van der Waals surface area contributed by atoms with E-state index in [2.05, 4.69) is 49.3 Å². The van der Waals surface area contributed by atoms with Crippen LogP contribution in [0.2, 0.25) is 5.15 Å². The van der Waals surface area contributed by atoms with Gasteiger partial charge >= 0.3 is 0 Å². The third kappa shape index (κ3) is 3.26. The topological polar surface area (TPSA) is 57.5 Å². The molecule has 0 saturated carbocycles. The highest BCUT2D eigenvalue weighted by molar-refractivity contribution is 9.10. The summed E-state index contributed by atoms with van der Waals surface area (Å²) in [6.45, 7) is 0.644. The van der Waals surface area contributed by atoms with Gasteiger partial charge in [0.2, 0.25) is 0 Å². The third-order valence-corrected chi connectivity index (χ3v) is 4.65. The van der Waals surface area contributed by atoms with Crippen LogP contribution in [0.25, 0.3) is 5.69 Å². The van der Waals surface area contributed by atoms with E-state index < -0.39 is 0 Å². The number of hydrogen-bond acceptors (Lipinski definition) is 5. The van der Waals surface area contributed by atoms with E-state index in [0.29, 0.717) is 17.5 Å². The van der Waals surface area contributed by atoms with Crippen LogP contribution in [0.5, 0.6) is 0 Å². The van der Waals surface area contributed by atoms with Crippen molar-refractivity contribution in [2.24, 2.45) is 5.10 Å². The summed E-state index contributed by atoms with van der Waals surface area (Å²) in [5.41, 5.74) is 8.58. The number of aromatic nitrogens is 2. The molecular weight excluding hydrogens is 404 g/mol. The first-order chi connectivity index (χ1) is 12.2. The second kappa shape index (κ2) is 6.87. The molecule has 0 radical (unpaired) electrons. The zero-order chi connectivity index (χ0) is 17.2. The zero-order valence-electron chi connectivity index (χ0n) is 13.0. The Morgan fingerprint density at radius 3 is 2.72 bits per heavy atom. The Labute approximate surface area is 158 Å². The van der Waals surface area contributed by atoms with Crippen molar-refractivity contribution in [3.63, 3.8) is 0 Å². The smallest absolute Gasteiger partial charge is 0.178 e. The maximum Gasteiger partial charge on any atom is 0.178 e. The molecule has 0 saturated heterocycles. The molecule has 0 amide bonds. The number of nitrogens with zero attached hydrogens (tertiary/aromatic N) is 4. The van der Waals surface area contributed by atoms with E-state index in [1.807, 2.05) is 47.5 Å². The number of halogens is 2. The maximum atomic E-state index is 6.58. The molecular formula is C17H14BrClN6. The summed E-state index contributed by atoms with van der Waals surface area (Å²) >= 11 is 10.0. The molecule has 0 bridgehead atoms. The van der Waals surface area contributed by atoms with Crippen LogP contribution >= 0.6 is 27.5 Å². The maximum absolute atomic E-state index is 6.58. The summed E-state index contributed by atoms with van der Waals surface area (Å²) in [4.78, 5) is 0. The zero-order valence-corrected chi connectivity index (χ0v) is 15.4. The van der Waals surface area contributed by atoms with Crippen molar-refractivity contribution in [1.82, 2.24) is 25.9 Å². The molecule has 0 fully saturated rings. The summed E-state index contributed by atoms with van der Waals surface area (Å²) in [5.74, 6) is 0.690. The van der Waals surface area contributed by atoms with Gasteiger partial charge in [0.05, 0.1) is 24.0 Å². The molecule has 1 aromatic heterocycles. The number of hydrazone groups is 1. The fourth-order valence-electron chi connectivity index (χ4n) is 2.61. The molecule has 1 aliphatic heterocycles. The van der Waals surface area contributed by atoms with Gasteiger partial charge in [0.25, 0.3) is 0 Å². The van der Waals surface area contributed by atoms with Crippen molar-refractivity contribution in [3.05, 3.63) is 81.5 Å². The molecule has 0 spiro atoms. The van der Waals surface area contributed by atoms with Gasteiger partial charge < -0.3 is 0 Å². The van der Waals surface area contributed by atoms with Crippen molar-refractivity contribution in [1.29, 1.82) is 0 Å². The molecule has 2 N–H and O–H groups in total. The van der Waals surface area contributed by atoms with E-state index >= 15 is 0 Å². The lowest BCUT2D eigenvalue weighted by atomic mass is 10.2. The van der Waals surface area contributed by atoms with Gasteiger partial charge in [0, 0.05) is 4.47 Å². The Balaban J connectivity index is 1.63. The van der Waals surface area contributed by atoms with Crippen LogP contribution in [-0.4, -0.2) is 20.6 Å². The number of rotatable bonds is 4. The SMILES string of the molecule is Clc1c(C2=NNNN2Cc2ccccc2)cnn1-c1cccc(Br)c1. The fraction of sp³-hybridized carbons (Fsp3) is 0.0588. The Bertz CT molecular complexity index is 924. The Morgan fingerprint density at radius 2 is 1.92 bits per heavy atom. The number of benzene rings is 2. The first-order valence-corrected chi connectivity index (χ1v) is 8.79. The van der Waals surface area contributed by atoms with Gasteiger partial charge in [-0.25, -0.2) is 10.2 Å². The first kappa shape index (κ1) is 16.1. The standard InChI is InChI=1S/C17H14BrClN6/c18-13-7-4-8-14(9-13)25-16(19)15(10-20-25)17-21-22-23-24(17)11-12-5-2-1-3-6-12/h1-10,22-23H,11H2. The van der Waals surface area contributed by atoms with Gasteiger partial charge in [-0.1, -0.05) is 63.9 Å². The average Bonchev–Trinajstić information content (AvgIpc) is 3.22. The van der Waals surface area contributed by atoms with E-state index in [1.165, 1.54) is 0 Å². The fourth-order valence-corrected chi connectivity index (χ4v) is 3.27. The van der Waals surface area contributed by atoms with Crippen LogP contribution in [0.4, 0.5) is 0 Å². The van der Waals surface area contributed by atoms with Crippen LogP contribution in [0, 0.1) is 0 Å². The average molecular weight is 418 g/mol. The minimum absolute atomic E-state index is 0.500. The number of hydrazine groups is 2. The molecule has 6 nitrogen and oxygen atoms in total. The highest BCUT2D eigenvalue weighted by Gasteiger charge is 2.24. The van der Waals surface area contributed by atoms with Gasteiger partial charge in [-0.3, -0.25) is 5.01 Å². The largest absolute Gasteiger partial charge is 0.266 e. The van der Waals surface area contributed by atoms with Gasteiger partial charge in [-0.15, -0.1) is 10.6 Å². The van der Waals surface area contributed by atoms with Crippen molar-refractivity contribution >= 4 is 33.4 Å². The number of nitrogens with one attached hydrogen (secondary N) is 2. The normalized spacial score (nSPS) is 13.7. The minimum Gasteiger partial charge on any atom is -0.266 e. The molecule has 0 atom stereocenters. The van der Waals surface area contributed by atoms with Gasteiger partial charge in [0.15, 0.2) is 5.84 Å². The van der Waals surface area contributed by atoms with E-state index in [9.17, 15) is 0 Å². The van der Waals surface area contributed by atoms with Crippen molar-refractivity contribution in [3.8, 4) is 5.69 Å². The Morgan fingerprint density at radius 1 is 1.08 bits per heavy atom. The molecule has 0 aliphatic carbocycles. The van der Waals surface area contributed by atoms with Crippen LogP contribution < -0.4 is 11.1 Å². The summed E-state index contributed by atoms with van der Waals surface area (Å²) in [6.07, 6.45) is 1.72. The molecule has 3 aromatic rings. The number of amidine groups is 1. The number of hydrogen-bond donors (Lipinski definition) is 2. The molecule has 4 rings (SSSR count). The predicted molar refractivity (Wildman–Crippen MR) is 101 cm³/mol. The Hall–Kier alpha value is -2.35. The summed E-state index contributed by atoms with van der Waals surface area (Å²) in [6, 6.07) is 17.9. The van der Waals surface area contributed by atoms with Crippen LogP contribution in [0.1, 0.15) is 11.1 Å². The molecule has 2 aromatic carbocycles. The molecule has 25 heavy (non-hydrogen) atoms. The first-order valence-electron chi connectivity index (χ1n) is 7.62. The second-order valence-corrected chi connectivity index (χ2v) is 6.75. The molecule has 2 heterocycles.